The Morgan fingerprint density at radius 3 is 2.46 bits per heavy atom. The average Bonchev–Trinajstić information content (AvgIpc) is 3.19. The summed E-state index contributed by atoms with van der Waals surface area (Å²) in [5.41, 5.74) is 7.18. The van der Waals surface area contributed by atoms with Crippen LogP contribution in [-0.4, -0.2) is 61.0 Å². The van der Waals surface area contributed by atoms with E-state index in [1.165, 1.54) is 18.4 Å². The zero-order valence-electron chi connectivity index (χ0n) is 15.6. The molecule has 1 aromatic rings. The Hall–Kier alpha value is -2.08. The van der Waals surface area contributed by atoms with E-state index >= 15 is 0 Å². The van der Waals surface area contributed by atoms with E-state index in [1.807, 2.05) is 18.6 Å². The molecule has 1 aromatic carbocycles. The summed E-state index contributed by atoms with van der Waals surface area (Å²) in [4.78, 5) is 30.3. The molecular weight excluding hydrogens is 328 g/mol. The zero-order chi connectivity index (χ0) is 18.5. The first-order valence-corrected chi connectivity index (χ1v) is 9.37. The van der Waals surface area contributed by atoms with E-state index < -0.39 is 11.4 Å². The molecule has 3 fully saturated rings. The van der Waals surface area contributed by atoms with E-state index in [0.717, 1.165) is 25.1 Å². The fraction of sp³-hybridized carbons (Fsp3) is 0.550. The molecule has 2 heterocycles. The second-order valence-corrected chi connectivity index (χ2v) is 8.18. The summed E-state index contributed by atoms with van der Waals surface area (Å²) in [6.07, 6.45) is 6.24. The number of carbonyl (C=O) groups excluding carboxylic acids is 2. The topological polar surface area (TPSA) is 69.9 Å². The molecule has 2 saturated heterocycles. The van der Waals surface area contributed by atoms with Crippen molar-refractivity contribution in [3.05, 3.63) is 36.2 Å². The van der Waals surface area contributed by atoms with Crippen molar-refractivity contribution in [2.45, 2.75) is 36.6 Å². The summed E-state index contributed by atoms with van der Waals surface area (Å²) in [6.45, 7) is 1.95. The van der Waals surface area contributed by atoms with Gasteiger partial charge in [-0.1, -0.05) is 12.1 Å². The summed E-state index contributed by atoms with van der Waals surface area (Å²) >= 11 is 0. The molecule has 4 rings (SSSR count). The van der Waals surface area contributed by atoms with Gasteiger partial charge < -0.3 is 15.5 Å². The number of primary amides is 1. The van der Waals surface area contributed by atoms with Gasteiger partial charge >= 0.3 is 6.03 Å². The van der Waals surface area contributed by atoms with Crippen molar-refractivity contribution in [2.75, 3.05) is 38.6 Å². The Kier molecular flexibility index (Phi) is 3.99. The first kappa shape index (κ1) is 17.3. The maximum Gasteiger partial charge on any atom is 0.325 e. The van der Waals surface area contributed by atoms with Crippen LogP contribution in [0.4, 0.5) is 10.5 Å². The maximum absolute atomic E-state index is 12.8. The Morgan fingerprint density at radius 1 is 1.23 bits per heavy atom. The summed E-state index contributed by atoms with van der Waals surface area (Å²) in [5, 5.41) is 0. The molecule has 0 bridgehead atoms. The molecule has 2 aliphatic heterocycles. The van der Waals surface area contributed by atoms with Crippen molar-refractivity contribution >= 4 is 17.6 Å². The van der Waals surface area contributed by atoms with Crippen LogP contribution in [0.15, 0.2) is 24.3 Å². The number of amides is 3. The molecule has 0 spiro atoms. The number of urea groups is 1. The third-order valence-corrected chi connectivity index (χ3v) is 6.29. The molecule has 3 amide bonds. The van der Waals surface area contributed by atoms with Gasteiger partial charge in [-0.3, -0.25) is 9.69 Å². The van der Waals surface area contributed by atoms with Crippen LogP contribution >= 0.6 is 0 Å². The lowest BCUT2D eigenvalue weighted by molar-refractivity contribution is -0.124. The minimum absolute atomic E-state index is 0.126. The number of nitrogens with zero attached hydrogens (tertiary/aromatic N) is 3. The Balaban J connectivity index is 1.53. The van der Waals surface area contributed by atoms with Crippen LogP contribution in [-0.2, 0) is 10.2 Å². The van der Waals surface area contributed by atoms with Crippen LogP contribution in [0, 0.1) is 6.42 Å². The van der Waals surface area contributed by atoms with Crippen molar-refractivity contribution in [2.24, 2.45) is 5.73 Å². The number of benzene rings is 1. The average molecular weight is 355 g/mol. The van der Waals surface area contributed by atoms with Gasteiger partial charge in [0.25, 0.3) is 0 Å². The van der Waals surface area contributed by atoms with Gasteiger partial charge in [-0.05, 0) is 69.4 Å². The normalized spacial score (nSPS) is 26.5. The maximum atomic E-state index is 12.8. The van der Waals surface area contributed by atoms with Gasteiger partial charge in [0.2, 0.25) is 5.91 Å². The number of nitrogens with two attached hydrogens (primary N) is 1. The van der Waals surface area contributed by atoms with E-state index in [-0.39, 0.29) is 6.03 Å². The molecule has 3 aliphatic rings. The van der Waals surface area contributed by atoms with E-state index in [4.69, 9.17) is 5.73 Å². The molecule has 6 nitrogen and oxygen atoms in total. The van der Waals surface area contributed by atoms with Crippen molar-refractivity contribution < 1.29 is 9.59 Å². The highest BCUT2D eigenvalue weighted by Gasteiger charge is 2.57. The van der Waals surface area contributed by atoms with Crippen molar-refractivity contribution in [3.63, 3.8) is 0 Å². The van der Waals surface area contributed by atoms with Crippen LogP contribution in [0.5, 0.6) is 0 Å². The fourth-order valence-corrected chi connectivity index (χ4v) is 4.39. The standard InChI is InChI=1S/C20H27N4O2/c1-22(2)13-11-19(9-10-19)15-4-6-16(7-5-15)23-14-20(17(21)25)8-3-12-24(20)18(23)26/h4-8H,3,9-14H2,1-2H3,(H2,21,25)/t20-/m1/s1. The van der Waals surface area contributed by atoms with Gasteiger partial charge in [0.1, 0.15) is 5.54 Å². The van der Waals surface area contributed by atoms with Crippen molar-refractivity contribution in [1.29, 1.82) is 0 Å². The van der Waals surface area contributed by atoms with Crippen LogP contribution in [0.2, 0.25) is 0 Å². The summed E-state index contributed by atoms with van der Waals surface area (Å²) < 4.78 is 0. The largest absolute Gasteiger partial charge is 0.368 e. The van der Waals surface area contributed by atoms with E-state index in [0.29, 0.717) is 18.5 Å². The van der Waals surface area contributed by atoms with Gasteiger partial charge in [-0.25, -0.2) is 4.79 Å². The Morgan fingerprint density at radius 2 is 1.92 bits per heavy atom. The lowest BCUT2D eigenvalue weighted by Crippen LogP contribution is -2.53. The van der Waals surface area contributed by atoms with Crippen LogP contribution in [0.3, 0.4) is 0 Å². The molecule has 2 N–H and O–H groups in total. The van der Waals surface area contributed by atoms with Crippen LogP contribution in [0.1, 0.15) is 31.2 Å². The molecule has 1 saturated carbocycles. The predicted octanol–water partition coefficient (Wildman–Crippen LogP) is 1.74. The third-order valence-electron chi connectivity index (χ3n) is 6.29. The highest BCUT2D eigenvalue weighted by Crippen LogP contribution is 2.51. The second kappa shape index (κ2) is 5.98. The van der Waals surface area contributed by atoms with E-state index in [9.17, 15) is 9.59 Å². The molecular formula is C20H27N4O2. The van der Waals surface area contributed by atoms with Gasteiger partial charge in [-0.15, -0.1) is 0 Å². The third kappa shape index (κ3) is 2.58. The summed E-state index contributed by atoms with van der Waals surface area (Å²) in [7, 11) is 4.21. The van der Waals surface area contributed by atoms with Gasteiger partial charge in [0, 0.05) is 18.7 Å². The number of carbonyl (C=O) groups is 2. The number of anilines is 1. The summed E-state index contributed by atoms with van der Waals surface area (Å²) in [5.74, 6) is -0.442. The minimum Gasteiger partial charge on any atom is -0.368 e. The molecule has 1 aliphatic carbocycles. The van der Waals surface area contributed by atoms with Crippen LogP contribution in [0.25, 0.3) is 0 Å². The summed E-state index contributed by atoms with van der Waals surface area (Å²) in [6, 6.07) is 8.20. The molecule has 1 radical (unpaired) electrons. The smallest absolute Gasteiger partial charge is 0.325 e. The fourth-order valence-electron chi connectivity index (χ4n) is 4.39. The predicted molar refractivity (Wildman–Crippen MR) is 101 cm³/mol. The highest BCUT2D eigenvalue weighted by molar-refractivity contribution is 6.04. The number of hydrogen-bond acceptors (Lipinski definition) is 3. The van der Waals surface area contributed by atoms with Crippen LogP contribution < -0.4 is 10.6 Å². The Bertz CT molecular complexity index is 726. The van der Waals surface area contributed by atoms with Crippen molar-refractivity contribution in [1.82, 2.24) is 9.80 Å². The number of hydrogen-bond donors (Lipinski definition) is 1. The lowest BCUT2D eigenvalue weighted by atomic mass is 9.92. The zero-order valence-corrected chi connectivity index (χ0v) is 15.6. The minimum atomic E-state index is -0.945. The molecule has 0 unspecified atom stereocenters. The molecule has 1 atom stereocenters. The lowest BCUT2D eigenvalue weighted by Gasteiger charge is -2.25. The Labute approximate surface area is 154 Å². The molecule has 26 heavy (non-hydrogen) atoms. The van der Waals surface area contributed by atoms with Gasteiger partial charge in [0.05, 0.1) is 6.54 Å². The SMILES string of the molecule is CN(C)CCC1(c2ccc(N3C[C@@]4(C(N)=O)[CH]CCN4C3=O)cc2)CC1. The monoisotopic (exact) mass is 355 g/mol. The van der Waals surface area contributed by atoms with Gasteiger partial charge in [0.15, 0.2) is 0 Å². The molecule has 139 valence electrons. The highest BCUT2D eigenvalue weighted by atomic mass is 16.2. The van der Waals surface area contributed by atoms with E-state index in [1.54, 1.807) is 9.80 Å². The second-order valence-electron chi connectivity index (χ2n) is 8.18. The first-order valence-electron chi connectivity index (χ1n) is 9.37. The van der Waals surface area contributed by atoms with Crippen molar-refractivity contribution in [3.8, 4) is 0 Å². The number of fused-ring (bicyclic) bond motifs is 1. The molecule has 0 aromatic heterocycles. The van der Waals surface area contributed by atoms with E-state index in [2.05, 4.69) is 31.1 Å². The first-order chi connectivity index (χ1) is 12.4. The number of rotatable bonds is 6. The van der Waals surface area contributed by atoms with Gasteiger partial charge in [-0.2, -0.15) is 0 Å². The molecule has 6 heteroatoms. The quantitative estimate of drug-likeness (QED) is 0.845.